The Hall–Kier alpha value is -2.87. The van der Waals surface area contributed by atoms with Gasteiger partial charge in [0.05, 0.1) is 12.8 Å². The quantitative estimate of drug-likeness (QED) is 0.838. The highest BCUT2D eigenvalue weighted by atomic mass is 19.1. The lowest BCUT2D eigenvalue weighted by Crippen LogP contribution is -2.39. The van der Waals surface area contributed by atoms with Crippen LogP contribution < -0.4 is 10.2 Å². The van der Waals surface area contributed by atoms with Gasteiger partial charge in [-0.3, -0.25) is 15.0 Å². The van der Waals surface area contributed by atoms with Gasteiger partial charge in [-0.15, -0.1) is 0 Å². The molecule has 0 aromatic carbocycles. The van der Waals surface area contributed by atoms with Crippen LogP contribution in [0.25, 0.3) is 0 Å². The van der Waals surface area contributed by atoms with Crippen LogP contribution in [0.1, 0.15) is 28.0 Å². The van der Waals surface area contributed by atoms with Crippen LogP contribution in [0.4, 0.5) is 20.8 Å². The number of fused-ring (bicyclic) bond motifs is 1. The van der Waals surface area contributed by atoms with Gasteiger partial charge in [0.1, 0.15) is 23.1 Å². The van der Waals surface area contributed by atoms with E-state index in [1.54, 1.807) is 6.07 Å². The van der Waals surface area contributed by atoms with Crippen LogP contribution in [-0.2, 0) is 13.0 Å². The Morgan fingerprint density at radius 1 is 1.46 bits per heavy atom. The molecule has 0 aliphatic carbocycles. The minimum Gasteiger partial charge on any atom is -0.392 e. The third kappa shape index (κ3) is 3.09. The number of halogens is 1. The van der Waals surface area contributed by atoms with E-state index in [2.05, 4.69) is 15.3 Å². The van der Waals surface area contributed by atoms with Gasteiger partial charge in [-0.1, -0.05) is 0 Å². The molecule has 0 saturated heterocycles. The predicted octanol–water partition coefficient (Wildman–Crippen LogP) is 1.91. The molecular formula is C16H15FN4O3. The second-order valence-electron chi connectivity index (χ2n) is 5.34. The molecule has 7 nitrogen and oxygen atoms in total. The summed E-state index contributed by atoms with van der Waals surface area (Å²) in [4.78, 5) is 33.0. The molecule has 2 aromatic heterocycles. The number of aliphatic hydroxyl groups excluding tert-OH is 1. The maximum Gasteiger partial charge on any atom is 0.328 e. The second kappa shape index (κ2) is 6.71. The molecule has 0 atom stereocenters. The van der Waals surface area contributed by atoms with Crippen molar-refractivity contribution in [3.8, 4) is 0 Å². The molecule has 8 heteroatoms. The number of nitrogens with zero attached hydrogens (tertiary/aromatic N) is 3. The molecule has 3 heterocycles. The number of aryl methyl sites for hydroxylation is 1. The lowest BCUT2D eigenvalue weighted by atomic mass is 10.0. The number of aldehydes is 1. The minimum absolute atomic E-state index is 0.107. The number of amides is 2. The first kappa shape index (κ1) is 16.0. The normalized spacial score (nSPS) is 13.3. The van der Waals surface area contributed by atoms with Crippen molar-refractivity contribution in [3.05, 3.63) is 47.0 Å². The number of hydrogen-bond donors (Lipinski definition) is 2. The summed E-state index contributed by atoms with van der Waals surface area (Å²) >= 11 is 0. The first-order valence-corrected chi connectivity index (χ1v) is 7.41. The van der Waals surface area contributed by atoms with E-state index in [-0.39, 0.29) is 18.1 Å². The third-order valence-corrected chi connectivity index (χ3v) is 3.76. The van der Waals surface area contributed by atoms with Crippen molar-refractivity contribution >= 4 is 24.0 Å². The Bertz CT molecular complexity index is 780. The SMILES string of the molecule is O=Cc1nc2c(cc1CO)CCCN2C(=O)Nc1ccc(F)cn1. The fourth-order valence-corrected chi connectivity index (χ4v) is 2.61. The van der Waals surface area contributed by atoms with E-state index in [0.29, 0.717) is 30.6 Å². The Morgan fingerprint density at radius 3 is 2.96 bits per heavy atom. The zero-order valence-electron chi connectivity index (χ0n) is 12.7. The van der Waals surface area contributed by atoms with Gasteiger partial charge in [-0.05, 0) is 36.6 Å². The number of anilines is 2. The van der Waals surface area contributed by atoms with Crippen molar-refractivity contribution in [3.63, 3.8) is 0 Å². The molecule has 24 heavy (non-hydrogen) atoms. The number of nitrogens with one attached hydrogen (secondary N) is 1. The van der Waals surface area contributed by atoms with Gasteiger partial charge in [-0.2, -0.15) is 0 Å². The summed E-state index contributed by atoms with van der Waals surface area (Å²) < 4.78 is 12.9. The summed E-state index contributed by atoms with van der Waals surface area (Å²) in [5, 5.41) is 11.9. The van der Waals surface area contributed by atoms with Gasteiger partial charge >= 0.3 is 6.03 Å². The van der Waals surface area contributed by atoms with Crippen molar-refractivity contribution in [1.29, 1.82) is 0 Å². The van der Waals surface area contributed by atoms with Crippen LogP contribution in [0, 0.1) is 5.82 Å². The molecule has 0 saturated carbocycles. The minimum atomic E-state index is -0.495. The van der Waals surface area contributed by atoms with Crippen LogP contribution in [0.3, 0.4) is 0 Å². The average molecular weight is 330 g/mol. The fourth-order valence-electron chi connectivity index (χ4n) is 2.61. The highest BCUT2D eigenvalue weighted by Crippen LogP contribution is 2.27. The van der Waals surface area contributed by atoms with Crippen molar-refractivity contribution in [2.75, 3.05) is 16.8 Å². The van der Waals surface area contributed by atoms with Crippen molar-refractivity contribution in [1.82, 2.24) is 9.97 Å². The third-order valence-electron chi connectivity index (χ3n) is 3.76. The van der Waals surface area contributed by atoms with Gasteiger partial charge < -0.3 is 5.11 Å². The summed E-state index contributed by atoms with van der Waals surface area (Å²) in [5.74, 6) is 0.112. The maximum atomic E-state index is 12.9. The smallest absolute Gasteiger partial charge is 0.328 e. The zero-order valence-corrected chi connectivity index (χ0v) is 12.7. The number of hydrogen-bond acceptors (Lipinski definition) is 5. The highest BCUT2D eigenvalue weighted by Gasteiger charge is 2.26. The van der Waals surface area contributed by atoms with Crippen LogP contribution in [-0.4, -0.2) is 33.9 Å². The molecule has 0 bridgehead atoms. The first-order valence-electron chi connectivity index (χ1n) is 7.41. The number of rotatable bonds is 3. The van der Waals surface area contributed by atoms with Crippen molar-refractivity contribution < 1.29 is 19.1 Å². The molecule has 0 spiro atoms. The van der Waals surface area contributed by atoms with E-state index in [0.717, 1.165) is 18.2 Å². The summed E-state index contributed by atoms with van der Waals surface area (Å²) in [6.45, 7) is 0.143. The zero-order chi connectivity index (χ0) is 17.1. The van der Waals surface area contributed by atoms with Crippen LogP contribution in [0.15, 0.2) is 24.4 Å². The molecule has 2 amide bonds. The number of carbonyl (C=O) groups excluding carboxylic acids is 2. The van der Waals surface area contributed by atoms with E-state index in [4.69, 9.17) is 0 Å². The summed E-state index contributed by atoms with van der Waals surface area (Å²) in [6, 6.07) is 3.79. The van der Waals surface area contributed by atoms with Crippen LogP contribution in [0.2, 0.25) is 0 Å². The molecule has 1 aliphatic rings. The number of carbonyl (C=O) groups is 2. The second-order valence-corrected chi connectivity index (χ2v) is 5.34. The van der Waals surface area contributed by atoms with Crippen molar-refractivity contribution in [2.24, 2.45) is 0 Å². The number of urea groups is 1. The number of aliphatic hydroxyl groups is 1. The van der Waals surface area contributed by atoms with E-state index >= 15 is 0 Å². The molecule has 2 N–H and O–H groups in total. The lowest BCUT2D eigenvalue weighted by Gasteiger charge is -2.29. The predicted molar refractivity (Wildman–Crippen MR) is 84.4 cm³/mol. The first-order chi connectivity index (χ1) is 11.6. The largest absolute Gasteiger partial charge is 0.392 e. The molecule has 3 rings (SSSR count). The van der Waals surface area contributed by atoms with E-state index < -0.39 is 11.8 Å². The highest BCUT2D eigenvalue weighted by molar-refractivity contribution is 6.01. The summed E-state index contributed by atoms with van der Waals surface area (Å²) in [6.07, 6.45) is 2.99. The summed E-state index contributed by atoms with van der Waals surface area (Å²) in [7, 11) is 0. The van der Waals surface area contributed by atoms with E-state index in [1.807, 2.05) is 0 Å². The molecule has 2 aromatic rings. The Labute approximate surface area is 137 Å². The van der Waals surface area contributed by atoms with Crippen LogP contribution >= 0.6 is 0 Å². The Morgan fingerprint density at radius 2 is 2.29 bits per heavy atom. The van der Waals surface area contributed by atoms with Crippen molar-refractivity contribution in [2.45, 2.75) is 19.4 Å². The van der Waals surface area contributed by atoms with Gasteiger partial charge in [0.25, 0.3) is 0 Å². The molecule has 0 radical (unpaired) electrons. The lowest BCUT2D eigenvalue weighted by molar-refractivity contribution is 0.111. The van der Waals surface area contributed by atoms with Gasteiger partial charge in [0.15, 0.2) is 6.29 Å². The maximum absolute atomic E-state index is 12.9. The molecule has 124 valence electrons. The van der Waals surface area contributed by atoms with Gasteiger partial charge in [0.2, 0.25) is 0 Å². The Balaban J connectivity index is 1.89. The molecule has 1 aliphatic heterocycles. The fraction of sp³-hybridized carbons (Fsp3) is 0.250. The van der Waals surface area contributed by atoms with Gasteiger partial charge in [0, 0.05) is 12.1 Å². The topological polar surface area (TPSA) is 95.4 Å². The number of aromatic nitrogens is 2. The van der Waals surface area contributed by atoms with E-state index in [1.165, 1.54) is 17.0 Å². The standard InChI is InChI=1S/C16H15FN4O3/c17-12-3-4-14(18-7-12)20-16(24)21-5-1-2-10-6-11(8-22)13(9-23)19-15(10)21/h3-4,6-7,9,22H,1-2,5,8H2,(H,18,20,24). The molecule has 0 fully saturated rings. The van der Waals surface area contributed by atoms with E-state index in [9.17, 15) is 19.1 Å². The summed E-state index contributed by atoms with van der Waals surface area (Å²) in [5.41, 5.74) is 1.33. The monoisotopic (exact) mass is 330 g/mol. The molecule has 0 unspecified atom stereocenters. The average Bonchev–Trinajstić information content (AvgIpc) is 2.61. The van der Waals surface area contributed by atoms with Gasteiger partial charge in [-0.25, -0.2) is 19.2 Å². The molecular weight excluding hydrogens is 315 g/mol. The van der Waals surface area contributed by atoms with Crippen LogP contribution in [0.5, 0.6) is 0 Å². The Kier molecular flexibility index (Phi) is 4.48. The number of pyridine rings is 2.